The lowest BCUT2D eigenvalue weighted by molar-refractivity contribution is -0.385. The van der Waals surface area contributed by atoms with Gasteiger partial charge in [0.15, 0.2) is 5.11 Å². The Morgan fingerprint density at radius 1 is 1.56 bits per heavy atom. The summed E-state index contributed by atoms with van der Waals surface area (Å²) in [5, 5.41) is 16.6. The number of hydrogen-bond acceptors (Lipinski definition) is 4. The van der Waals surface area contributed by atoms with E-state index < -0.39 is 4.92 Å². The molecule has 1 aromatic heterocycles. The van der Waals surface area contributed by atoms with Crippen LogP contribution < -0.4 is 10.6 Å². The number of pyridine rings is 1. The van der Waals surface area contributed by atoms with Crippen molar-refractivity contribution >= 4 is 28.8 Å². The molecular weight excluding hydrogens is 228 g/mol. The molecule has 1 aromatic rings. The highest BCUT2D eigenvalue weighted by molar-refractivity contribution is 7.80. The molecule has 0 bridgehead atoms. The number of anilines is 1. The van der Waals surface area contributed by atoms with Gasteiger partial charge in [-0.25, -0.2) is 4.98 Å². The summed E-state index contributed by atoms with van der Waals surface area (Å²) >= 11 is 5.00. The van der Waals surface area contributed by atoms with Crippen molar-refractivity contribution in [1.82, 2.24) is 10.3 Å². The van der Waals surface area contributed by atoms with Crippen LogP contribution in [0.4, 0.5) is 11.5 Å². The van der Waals surface area contributed by atoms with Crippen LogP contribution in [-0.2, 0) is 0 Å². The molecule has 0 unspecified atom stereocenters. The van der Waals surface area contributed by atoms with E-state index in [1.54, 1.807) is 0 Å². The van der Waals surface area contributed by atoms with Gasteiger partial charge in [-0.3, -0.25) is 10.1 Å². The van der Waals surface area contributed by atoms with Gasteiger partial charge < -0.3 is 10.6 Å². The number of nitrogens with one attached hydrogen (secondary N) is 2. The second-order valence-corrected chi connectivity index (χ2v) is 3.82. The summed E-state index contributed by atoms with van der Waals surface area (Å²) in [5.74, 6) is 0.476. The third-order valence-electron chi connectivity index (χ3n) is 1.62. The molecule has 0 aliphatic heterocycles. The predicted octanol–water partition coefficient (Wildman–Crippen LogP) is 1.68. The highest BCUT2D eigenvalue weighted by Crippen LogP contribution is 2.11. The molecule has 0 saturated carbocycles. The third-order valence-corrected chi connectivity index (χ3v) is 1.84. The minimum atomic E-state index is -0.499. The zero-order valence-corrected chi connectivity index (χ0v) is 9.75. The lowest BCUT2D eigenvalue weighted by Crippen LogP contribution is -2.34. The smallest absolute Gasteiger partial charge is 0.287 e. The average molecular weight is 240 g/mol. The van der Waals surface area contributed by atoms with Gasteiger partial charge in [0.2, 0.25) is 0 Å². The first-order chi connectivity index (χ1) is 7.49. The maximum absolute atomic E-state index is 10.4. The number of hydrogen-bond donors (Lipinski definition) is 2. The molecule has 2 N–H and O–H groups in total. The summed E-state index contributed by atoms with van der Waals surface area (Å²) in [7, 11) is 0. The summed E-state index contributed by atoms with van der Waals surface area (Å²) in [6, 6.07) is 3.10. The Hall–Kier alpha value is -1.76. The van der Waals surface area contributed by atoms with Crippen molar-refractivity contribution in [2.45, 2.75) is 19.9 Å². The van der Waals surface area contributed by atoms with E-state index >= 15 is 0 Å². The van der Waals surface area contributed by atoms with Crippen LogP contribution in [0.25, 0.3) is 0 Å². The first kappa shape index (κ1) is 12.3. The average Bonchev–Trinajstić information content (AvgIpc) is 2.16. The zero-order valence-electron chi connectivity index (χ0n) is 8.93. The van der Waals surface area contributed by atoms with E-state index in [1.165, 1.54) is 18.3 Å². The van der Waals surface area contributed by atoms with Gasteiger partial charge in [-0.05, 0) is 32.1 Å². The Balaban J connectivity index is 2.62. The van der Waals surface area contributed by atoms with E-state index in [2.05, 4.69) is 15.6 Å². The van der Waals surface area contributed by atoms with Crippen LogP contribution in [0.3, 0.4) is 0 Å². The standard InChI is InChI=1S/C9H12N4O2S/c1-6(2)11-9(16)12-8-4-3-7(5-10-8)13(14)15/h3-6H,1-2H3,(H2,10,11,12,16). The maximum atomic E-state index is 10.4. The molecule has 0 aliphatic carbocycles. The van der Waals surface area contributed by atoms with Gasteiger partial charge >= 0.3 is 0 Å². The number of nitro groups is 1. The van der Waals surface area contributed by atoms with Crippen molar-refractivity contribution in [3.63, 3.8) is 0 Å². The Bertz CT molecular complexity index is 391. The SMILES string of the molecule is CC(C)NC(=S)Nc1ccc([N+](=O)[O-])cn1. The number of thiocarbonyl (C=S) groups is 1. The Morgan fingerprint density at radius 2 is 2.25 bits per heavy atom. The lowest BCUT2D eigenvalue weighted by Gasteiger charge is -2.11. The molecule has 0 amide bonds. The molecular formula is C9H12N4O2S. The van der Waals surface area contributed by atoms with E-state index in [0.29, 0.717) is 10.9 Å². The van der Waals surface area contributed by atoms with Crippen LogP contribution in [0, 0.1) is 10.1 Å². The zero-order chi connectivity index (χ0) is 12.1. The number of nitrogens with zero attached hydrogens (tertiary/aromatic N) is 2. The van der Waals surface area contributed by atoms with Crippen LogP contribution in [-0.4, -0.2) is 21.1 Å². The maximum Gasteiger partial charge on any atom is 0.287 e. The second kappa shape index (κ2) is 5.36. The van der Waals surface area contributed by atoms with E-state index in [9.17, 15) is 10.1 Å². The summed E-state index contributed by atoms with van der Waals surface area (Å²) in [6.45, 7) is 3.91. The van der Waals surface area contributed by atoms with Crippen molar-refractivity contribution in [2.75, 3.05) is 5.32 Å². The monoisotopic (exact) mass is 240 g/mol. The van der Waals surface area contributed by atoms with Gasteiger partial charge in [-0.2, -0.15) is 0 Å². The number of aromatic nitrogens is 1. The van der Waals surface area contributed by atoms with E-state index in [4.69, 9.17) is 12.2 Å². The first-order valence-electron chi connectivity index (χ1n) is 4.67. The molecule has 7 heteroatoms. The van der Waals surface area contributed by atoms with Crippen LogP contribution in [0.1, 0.15) is 13.8 Å². The number of rotatable bonds is 3. The predicted molar refractivity (Wildman–Crippen MR) is 65.4 cm³/mol. The molecule has 0 aromatic carbocycles. The molecule has 6 nitrogen and oxygen atoms in total. The molecule has 1 heterocycles. The molecule has 0 radical (unpaired) electrons. The molecule has 0 spiro atoms. The molecule has 1 rings (SSSR count). The minimum Gasteiger partial charge on any atom is -0.360 e. The Labute approximate surface area is 98.2 Å². The molecule has 0 fully saturated rings. The summed E-state index contributed by atoms with van der Waals surface area (Å²) in [6.07, 6.45) is 1.18. The fraction of sp³-hybridized carbons (Fsp3) is 0.333. The highest BCUT2D eigenvalue weighted by atomic mass is 32.1. The van der Waals surface area contributed by atoms with Gasteiger partial charge in [-0.15, -0.1) is 0 Å². The van der Waals surface area contributed by atoms with E-state index in [-0.39, 0.29) is 11.7 Å². The third kappa shape index (κ3) is 3.77. The normalized spacial score (nSPS) is 9.94. The Morgan fingerprint density at radius 3 is 2.69 bits per heavy atom. The van der Waals surface area contributed by atoms with Crippen molar-refractivity contribution in [2.24, 2.45) is 0 Å². The fourth-order valence-electron chi connectivity index (χ4n) is 0.983. The highest BCUT2D eigenvalue weighted by Gasteiger charge is 2.06. The first-order valence-corrected chi connectivity index (χ1v) is 5.08. The van der Waals surface area contributed by atoms with E-state index in [1.807, 2.05) is 13.8 Å². The molecule has 0 saturated heterocycles. The largest absolute Gasteiger partial charge is 0.360 e. The van der Waals surface area contributed by atoms with E-state index in [0.717, 1.165) is 0 Å². The quantitative estimate of drug-likeness (QED) is 0.475. The minimum absolute atomic E-state index is 0.0479. The van der Waals surface area contributed by atoms with Crippen LogP contribution in [0.5, 0.6) is 0 Å². The fourth-order valence-corrected chi connectivity index (χ4v) is 1.32. The van der Waals surface area contributed by atoms with Crippen molar-refractivity contribution < 1.29 is 4.92 Å². The van der Waals surface area contributed by atoms with Gasteiger partial charge in [0.1, 0.15) is 12.0 Å². The van der Waals surface area contributed by atoms with Crippen LogP contribution in [0.2, 0.25) is 0 Å². The topological polar surface area (TPSA) is 80.1 Å². The second-order valence-electron chi connectivity index (χ2n) is 3.41. The molecule has 0 aliphatic rings. The summed E-state index contributed by atoms with van der Waals surface area (Å²) in [5.41, 5.74) is -0.0479. The molecule has 86 valence electrons. The molecule has 16 heavy (non-hydrogen) atoms. The summed E-state index contributed by atoms with van der Waals surface area (Å²) < 4.78 is 0. The molecule has 0 atom stereocenters. The van der Waals surface area contributed by atoms with Crippen molar-refractivity contribution in [3.05, 3.63) is 28.4 Å². The summed E-state index contributed by atoms with van der Waals surface area (Å²) in [4.78, 5) is 13.8. The van der Waals surface area contributed by atoms with Crippen molar-refractivity contribution in [3.8, 4) is 0 Å². The lowest BCUT2D eigenvalue weighted by atomic mass is 10.4. The van der Waals surface area contributed by atoms with Crippen molar-refractivity contribution in [1.29, 1.82) is 0 Å². The van der Waals surface area contributed by atoms with Crippen LogP contribution >= 0.6 is 12.2 Å². The Kier molecular flexibility index (Phi) is 4.12. The van der Waals surface area contributed by atoms with Gasteiger partial charge in [0, 0.05) is 12.1 Å². The van der Waals surface area contributed by atoms with Gasteiger partial charge in [0.05, 0.1) is 4.92 Å². The van der Waals surface area contributed by atoms with Gasteiger partial charge in [0.25, 0.3) is 5.69 Å². The van der Waals surface area contributed by atoms with Gasteiger partial charge in [-0.1, -0.05) is 0 Å². The van der Waals surface area contributed by atoms with Crippen LogP contribution in [0.15, 0.2) is 18.3 Å².